The van der Waals surface area contributed by atoms with Crippen LogP contribution in [-0.4, -0.2) is 61.4 Å². The second kappa shape index (κ2) is 7.16. The predicted molar refractivity (Wildman–Crippen MR) is 89.7 cm³/mol. The molecule has 0 N–H and O–H groups in total. The van der Waals surface area contributed by atoms with Crippen LogP contribution in [0.2, 0.25) is 0 Å². The summed E-state index contributed by atoms with van der Waals surface area (Å²) in [6, 6.07) is 10.9. The van der Waals surface area contributed by atoms with Gasteiger partial charge in [0.2, 0.25) is 5.88 Å². The van der Waals surface area contributed by atoms with Gasteiger partial charge in [-0.1, -0.05) is 6.07 Å². The van der Waals surface area contributed by atoms with E-state index in [4.69, 9.17) is 9.47 Å². The molecule has 0 spiro atoms. The van der Waals surface area contributed by atoms with Crippen molar-refractivity contribution in [3.63, 3.8) is 0 Å². The number of piperazine rings is 1. The van der Waals surface area contributed by atoms with Gasteiger partial charge in [0.15, 0.2) is 5.82 Å². The van der Waals surface area contributed by atoms with Gasteiger partial charge in [-0.15, -0.1) is 10.2 Å². The standard InChI is InChI=1S/C17H20N4O3/c1-23-14-5-3-4-13(12-14)17(22)21-10-8-20(9-11-21)15-6-7-16(24-2)19-18-15/h3-7,12H,8-11H2,1-2H3. The van der Waals surface area contributed by atoms with Crippen LogP contribution in [0, 0.1) is 0 Å². The lowest BCUT2D eigenvalue weighted by Gasteiger charge is -2.35. The first-order valence-corrected chi connectivity index (χ1v) is 7.77. The molecule has 0 radical (unpaired) electrons. The smallest absolute Gasteiger partial charge is 0.254 e. The molecule has 1 aromatic heterocycles. The minimum atomic E-state index is 0.0226. The Kier molecular flexibility index (Phi) is 4.79. The number of hydrogen-bond donors (Lipinski definition) is 0. The topological polar surface area (TPSA) is 67.8 Å². The van der Waals surface area contributed by atoms with E-state index in [2.05, 4.69) is 15.1 Å². The maximum atomic E-state index is 12.6. The molecule has 1 aromatic carbocycles. The van der Waals surface area contributed by atoms with Crippen molar-refractivity contribution in [2.24, 2.45) is 0 Å². The van der Waals surface area contributed by atoms with E-state index in [-0.39, 0.29) is 5.91 Å². The number of rotatable bonds is 4. The van der Waals surface area contributed by atoms with Crippen molar-refractivity contribution >= 4 is 11.7 Å². The van der Waals surface area contributed by atoms with Gasteiger partial charge in [-0.2, -0.15) is 0 Å². The molecule has 2 heterocycles. The number of aromatic nitrogens is 2. The molecule has 1 fully saturated rings. The van der Waals surface area contributed by atoms with Crippen LogP contribution in [0.4, 0.5) is 5.82 Å². The van der Waals surface area contributed by atoms with Gasteiger partial charge in [0.1, 0.15) is 5.75 Å². The lowest BCUT2D eigenvalue weighted by atomic mass is 10.1. The van der Waals surface area contributed by atoms with Crippen LogP contribution in [0.5, 0.6) is 11.6 Å². The number of nitrogens with zero attached hydrogens (tertiary/aromatic N) is 4. The maximum Gasteiger partial charge on any atom is 0.254 e. The SMILES string of the molecule is COc1cccc(C(=O)N2CCN(c3ccc(OC)nn3)CC2)c1. The van der Waals surface area contributed by atoms with E-state index in [0.29, 0.717) is 30.3 Å². The van der Waals surface area contributed by atoms with E-state index >= 15 is 0 Å². The Bertz CT molecular complexity index is 697. The fourth-order valence-electron chi connectivity index (χ4n) is 2.67. The summed E-state index contributed by atoms with van der Waals surface area (Å²) in [5.74, 6) is 2.00. The monoisotopic (exact) mass is 328 g/mol. The minimum Gasteiger partial charge on any atom is -0.497 e. The summed E-state index contributed by atoms with van der Waals surface area (Å²) in [5.41, 5.74) is 0.645. The fourth-order valence-corrected chi connectivity index (χ4v) is 2.67. The Morgan fingerprint density at radius 2 is 1.79 bits per heavy atom. The zero-order valence-corrected chi connectivity index (χ0v) is 13.8. The summed E-state index contributed by atoms with van der Waals surface area (Å²) in [5, 5.41) is 8.14. The first-order chi connectivity index (χ1) is 11.7. The van der Waals surface area contributed by atoms with Crippen molar-refractivity contribution in [3.05, 3.63) is 42.0 Å². The minimum absolute atomic E-state index is 0.0226. The number of amides is 1. The van der Waals surface area contributed by atoms with E-state index in [1.807, 2.05) is 29.2 Å². The lowest BCUT2D eigenvalue weighted by Crippen LogP contribution is -2.49. The molecule has 0 aliphatic carbocycles. The molecule has 0 saturated carbocycles. The summed E-state index contributed by atoms with van der Waals surface area (Å²) < 4.78 is 10.2. The number of carbonyl (C=O) groups excluding carboxylic acids is 1. The Labute approximate surface area is 140 Å². The zero-order chi connectivity index (χ0) is 16.9. The van der Waals surface area contributed by atoms with Crippen LogP contribution in [0.25, 0.3) is 0 Å². The van der Waals surface area contributed by atoms with Crippen molar-refractivity contribution in [3.8, 4) is 11.6 Å². The molecule has 24 heavy (non-hydrogen) atoms. The zero-order valence-electron chi connectivity index (χ0n) is 13.8. The summed E-state index contributed by atoms with van der Waals surface area (Å²) in [6.07, 6.45) is 0. The van der Waals surface area contributed by atoms with Crippen LogP contribution < -0.4 is 14.4 Å². The fraction of sp³-hybridized carbons (Fsp3) is 0.353. The molecule has 126 valence electrons. The Balaban J connectivity index is 1.62. The third-order valence-corrected chi connectivity index (χ3v) is 4.04. The van der Waals surface area contributed by atoms with E-state index < -0.39 is 0 Å². The van der Waals surface area contributed by atoms with Crippen molar-refractivity contribution in [2.45, 2.75) is 0 Å². The largest absolute Gasteiger partial charge is 0.497 e. The number of ether oxygens (including phenoxy) is 2. The first-order valence-electron chi connectivity index (χ1n) is 7.77. The van der Waals surface area contributed by atoms with Gasteiger partial charge in [-0.05, 0) is 24.3 Å². The molecule has 0 unspecified atom stereocenters. The molecule has 0 atom stereocenters. The van der Waals surface area contributed by atoms with E-state index in [1.54, 1.807) is 26.4 Å². The van der Waals surface area contributed by atoms with Crippen LogP contribution in [0.15, 0.2) is 36.4 Å². The third kappa shape index (κ3) is 3.40. The third-order valence-electron chi connectivity index (χ3n) is 4.04. The second-order valence-corrected chi connectivity index (χ2v) is 5.45. The van der Waals surface area contributed by atoms with Crippen LogP contribution >= 0.6 is 0 Å². The molecule has 1 aliphatic heterocycles. The highest BCUT2D eigenvalue weighted by Gasteiger charge is 2.23. The maximum absolute atomic E-state index is 12.6. The number of anilines is 1. The highest BCUT2D eigenvalue weighted by Crippen LogP contribution is 2.18. The number of carbonyl (C=O) groups is 1. The van der Waals surface area contributed by atoms with Crippen molar-refractivity contribution in [1.82, 2.24) is 15.1 Å². The summed E-state index contributed by atoms with van der Waals surface area (Å²) in [6.45, 7) is 2.72. The summed E-state index contributed by atoms with van der Waals surface area (Å²) in [4.78, 5) is 16.6. The quantitative estimate of drug-likeness (QED) is 0.846. The van der Waals surface area contributed by atoms with Gasteiger partial charge >= 0.3 is 0 Å². The average Bonchev–Trinajstić information content (AvgIpc) is 2.67. The molecule has 7 nitrogen and oxygen atoms in total. The highest BCUT2D eigenvalue weighted by atomic mass is 16.5. The van der Waals surface area contributed by atoms with Gasteiger partial charge in [0.05, 0.1) is 14.2 Å². The van der Waals surface area contributed by atoms with Gasteiger partial charge in [0, 0.05) is 37.8 Å². The van der Waals surface area contributed by atoms with Gasteiger partial charge in [0.25, 0.3) is 5.91 Å². The Morgan fingerprint density at radius 1 is 1.00 bits per heavy atom. The van der Waals surface area contributed by atoms with Crippen LogP contribution in [0.3, 0.4) is 0 Å². The molecular weight excluding hydrogens is 308 g/mol. The molecule has 1 aliphatic rings. The first kappa shape index (κ1) is 16.0. The lowest BCUT2D eigenvalue weighted by molar-refractivity contribution is 0.0746. The Morgan fingerprint density at radius 3 is 2.42 bits per heavy atom. The molecule has 7 heteroatoms. The molecular formula is C17H20N4O3. The van der Waals surface area contributed by atoms with E-state index in [0.717, 1.165) is 18.9 Å². The normalized spacial score (nSPS) is 14.4. The average molecular weight is 328 g/mol. The van der Waals surface area contributed by atoms with Gasteiger partial charge in [-0.3, -0.25) is 4.79 Å². The molecule has 2 aromatic rings. The molecule has 0 bridgehead atoms. The second-order valence-electron chi connectivity index (χ2n) is 5.45. The Hall–Kier alpha value is -2.83. The van der Waals surface area contributed by atoms with Crippen LogP contribution in [-0.2, 0) is 0 Å². The van der Waals surface area contributed by atoms with Crippen LogP contribution in [0.1, 0.15) is 10.4 Å². The predicted octanol–water partition coefficient (Wildman–Crippen LogP) is 1.46. The van der Waals surface area contributed by atoms with Gasteiger partial charge < -0.3 is 19.3 Å². The van der Waals surface area contributed by atoms with E-state index in [1.165, 1.54) is 0 Å². The number of hydrogen-bond acceptors (Lipinski definition) is 6. The number of methoxy groups -OCH3 is 2. The number of benzene rings is 1. The van der Waals surface area contributed by atoms with Gasteiger partial charge in [-0.25, -0.2) is 0 Å². The van der Waals surface area contributed by atoms with Crippen molar-refractivity contribution in [2.75, 3.05) is 45.3 Å². The molecule has 1 saturated heterocycles. The molecule has 1 amide bonds. The molecule has 3 rings (SSSR count). The van der Waals surface area contributed by atoms with Crippen molar-refractivity contribution < 1.29 is 14.3 Å². The summed E-state index contributed by atoms with van der Waals surface area (Å²) in [7, 11) is 3.16. The highest BCUT2D eigenvalue weighted by molar-refractivity contribution is 5.94. The van der Waals surface area contributed by atoms with Crippen molar-refractivity contribution in [1.29, 1.82) is 0 Å². The van der Waals surface area contributed by atoms with E-state index in [9.17, 15) is 4.79 Å². The summed E-state index contributed by atoms with van der Waals surface area (Å²) >= 11 is 0.